The first kappa shape index (κ1) is 29.4. The average molecular weight is 675 g/mol. The fraction of sp³-hybridized carbons (Fsp3) is 0. The normalized spacial score (nSPS) is 11.8. The molecule has 8 aromatic carbocycles. The maximum atomic E-state index is 10.6. The van der Waals surface area contributed by atoms with E-state index >= 15 is 0 Å². The van der Waals surface area contributed by atoms with Gasteiger partial charge in [-0.2, -0.15) is 5.26 Å². The Morgan fingerprint density at radius 2 is 0.774 bits per heavy atom. The monoisotopic (exact) mass is 674 g/mol. The quantitative estimate of drug-likeness (QED) is 0.183. The molecule has 11 aromatic rings. The van der Waals surface area contributed by atoms with Crippen molar-refractivity contribution in [2.45, 2.75) is 0 Å². The Morgan fingerprint density at radius 1 is 0.340 bits per heavy atom. The second-order valence-corrected chi connectivity index (χ2v) is 13.6. The van der Waals surface area contributed by atoms with Gasteiger partial charge in [-0.15, -0.1) is 0 Å². The molecule has 0 fully saturated rings. The van der Waals surface area contributed by atoms with Crippen molar-refractivity contribution in [1.82, 2.24) is 13.7 Å². The maximum Gasteiger partial charge on any atom is 0.101 e. The summed E-state index contributed by atoms with van der Waals surface area (Å²) in [6, 6.07) is 67.1. The Bertz CT molecular complexity index is 3200. The zero-order valence-corrected chi connectivity index (χ0v) is 28.6. The van der Waals surface area contributed by atoms with Gasteiger partial charge in [-0.05, 0) is 60.7 Å². The lowest BCUT2D eigenvalue weighted by molar-refractivity contribution is 1.15. The molecule has 3 heterocycles. The number of fused-ring (bicyclic) bond motifs is 9. The average Bonchev–Trinajstić information content (AvgIpc) is 3.86. The molecule has 0 saturated carbocycles. The van der Waals surface area contributed by atoms with Crippen LogP contribution in [0.15, 0.2) is 182 Å². The van der Waals surface area contributed by atoms with Gasteiger partial charge in [0, 0.05) is 49.1 Å². The second-order valence-electron chi connectivity index (χ2n) is 13.6. The minimum absolute atomic E-state index is 0.627. The Balaban J connectivity index is 1.19. The number of hydrogen-bond donors (Lipinski definition) is 0. The Kier molecular flexibility index (Phi) is 6.28. The van der Waals surface area contributed by atoms with Crippen LogP contribution in [0.25, 0.3) is 93.6 Å². The lowest BCUT2D eigenvalue weighted by Gasteiger charge is -2.19. The summed E-state index contributed by atoms with van der Waals surface area (Å²) in [5.74, 6) is 0. The first-order chi connectivity index (χ1) is 26.3. The minimum Gasteiger partial charge on any atom is -0.309 e. The van der Waals surface area contributed by atoms with Crippen LogP contribution in [0.4, 0.5) is 0 Å². The molecule has 0 atom stereocenters. The zero-order chi connectivity index (χ0) is 35.0. The summed E-state index contributed by atoms with van der Waals surface area (Å²) in [5, 5.41) is 17.8. The van der Waals surface area contributed by atoms with E-state index in [9.17, 15) is 5.26 Å². The van der Waals surface area contributed by atoms with Crippen molar-refractivity contribution in [1.29, 1.82) is 5.26 Å². The van der Waals surface area contributed by atoms with E-state index < -0.39 is 0 Å². The highest BCUT2D eigenvalue weighted by atomic mass is 15.0. The molecule has 0 N–H and O–H groups in total. The van der Waals surface area contributed by atoms with Crippen molar-refractivity contribution >= 4 is 65.4 Å². The first-order valence-corrected chi connectivity index (χ1v) is 17.9. The number of hydrogen-bond acceptors (Lipinski definition) is 1. The van der Waals surface area contributed by atoms with E-state index in [2.05, 4.69) is 190 Å². The van der Waals surface area contributed by atoms with E-state index in [1.54, 1.807) is 0 Å². The summed E-state index contributed by atoms with van der Waals surface area (Å²) < 4.78 is 7.05. The summed E-state index contributed by atoms with van der Waals surface area (Å²) in [6.07, 6.45) is 0. The Morgan fingerprint density at radius 3 is 1.34 bits per heavy atom. The van der Waals surface area contributed by atoms with E-state index in [0.717, 1.165) is 61.0 Å². The van der Waals surface area contributed by atoms with Crippen LogP contribution < -0.4 is 0 Å². The molecule has 4 heteroatoms. The topological polar surface area (TPSA) is 38.6 Å². The molecule has 3 aromatic heterocycles. The van der Waals surface area contributed by atoms with Crippen LogP contribution in [0.1, 0.15) is 5.56 Å². The van der Waals surface area contributed by atoms with Gasteiger partial charge >= 0.3 is 0 Å². The van der Waals surface area contributed by atoms with Crippen molar-refractivity contribution in [3.05, 3.63) is 188 Å². The first-order valence-electron chi connectivity index (χ1n) is 17.9. The SMILES string of the molecule is N#Cc1cccc(-c2ccccc2-n2c3ccccc3c3cc(-n4c5ccccc5c5ccccc54)ccc32)c1-n1c2ccccc2c2ccccc21. The van der Waals surface area contributed by atoms with Crippen LogP contribution in [0.3, 0.4) is 0 Å². The van der Waals surface area contributed by atoms with Gasteiger partial charge in [0.15, 0.2) is 0 Å². The molecule has 0 spiro atoms. The highest BCUT2D eigenvalue weighted by molar-refractivity contribution is 6.13. The smallest absolute Gasteiger partial charge is 0.101 e. The molecule has 0 saturated heterocycles. The van der Waals surface area contributed by atoms with Gasteiger partial charge in [0.2, 0.25) is 0 Å². The molecule has 0 unspecified atom stereocenters. The number of nitrogens with zero attached hydrogens (tertiary/aromatic N) is 4. The standard InChI is InChI=1S/C49H30N4/c50-31-32-14-13-21-40(49(32)53-46-26-11-3-17-36(46)37-18-4-12-27-47(37)53)38-19-5-9-24-44(38)52-45-25-10-6-20-39(45)41-30-33(28-29-48(41)52)51-42-22-7-1-15-34(42)35-16-2-8-23-43(35)51/h1-30H. The molecule has 246 valence electrons. The van der Waals surface area contributed by atoms with Crippen molar-refractivity contribution in [2.24, 2.45) is 0 Å². The summed E-state index contributed by atoms with van der Waals surface area (Å²) in [5.41, 5.74) is 12.5. The molecule has 11 rings (SSSR count). The number of benzene rings is 8. The van der Waals surface area contributed by atoms with Gasteiger partial charge in [0.1, 0.15) is 6.07 Å². The fourth-order valence-electron chi connectivity index (χ4n) is 8.71. The molecular formula is C49H30N4. The van der Waals surface area contributed by atoms with E-state index in [-0.39, 0.29) is 0 Å². The third-order valence-corrected chi connectivity index (χ3v) is 10.9. The molecule has 0 aliphatic heterocycles. The van der Waals surface area contributed by atoms with Crippen LogP contribution in [-0.2, 0) is 0 Å². The van der Waals surface area contributed by atoms with Gasteiger partial charge in [-0.3, -0.25) is 0 Å². The molecule has 0 amide bonds. The van der Waals surface area contributed by atoms with Crippen molar-refractivity contribution in [2.75, 3.05) is 0 Å². The summed E-state index contributed by atoms with van der Waals surface area (Å²) >= 11 is 0. The van der Waals surface area contributed by atoms with Crippen LogP contribution >= 0.6 is 0 Å². The third kappa shape index (κ3) is 4.16. The third-order valence-electron chi connectivity index (χ3n) is 10.9. The predicted octanol–water partition coefficient (Wildman–Crippen LogP) is 12.5. The zero-order valence-electron chi connectivity index (χ0n) is 28.6. The summed E-state index contributed by atoms with van der Waals surface area (Å²) in [7, 11) is 0. The number of rotatable bonds is 4. The largest absolute Gasteiger partial charge is 0.309 e. The van der Waals surface area contributed by atoms with Crippen LogP contribution in [-0.4, -0.2) is 13.7 Å². The van der Waals surface area contributed by atoms with Crippen LogP contribution in [0.5, 0.6) is 0 Å². The van der Waals surface area contributed by atoms with Crippen LogP contribution in [0.2, 0.25) is 0 Å². The van der Waals surface area contributed by atoms with Gasteiger partial charge in [-0.1, -0.05) is 121 Å². The van der Waals surface area contributed by atoms with Crippen LogP contribution in [0, 0.1) is 11.3 Å². The fourth-order valence-corrected chi connectivity index (χ4v) is 8.71. The molecule has 0 aliphatic rings. The predicted molar refractivity (Wildman–Crippen MR) is 220 cm³/mol. The van der Waals surface area contributed by atoms with E-state index in [1.807, 2.05) is 12.1 Å². The highest BCUT2D eigenvalue weighted by Crippen LogP contribution is 2.42. The van der Waals surface area contributed by atoms with Crippen molar-refractivity contribution < 1.29 is 0 Å². The minimum atomic E-state index is 0.627. The van der Waals surface area contributed by atoms with Gasteiger partial charge < -0.3 is 13.7 Å². The van der Waals surface area contributed by atoms with E-state index in [0.29, 0.717) is 5.56 Å². The molecular weight excluding hydrogens is 645 g/mol. The molecule has 0 bridgehead atoms. The Labute approximate surface area is 305 Å². The summed E-state index contributed by atoms with van der Waals surface area (Å²) in [6.45, 7) is 0. The van der Waals surface area contributed by atoms with E-state index in [1.165, 1.54) is 32.6 Å². The second kappa shape index (κ2) is 11.3. The van der Waals surface area contributed by atoms with Gasteiger partial charge in [0.25, 0.3) is 0 Å². The molecule has 4 nitrogen and oxygen atoms in total. The molecule has 0 aliphatic carbocycles. The van der Waals surface area contributed by atoms with Crippen molar-refractivity contribution in [3.8, 4) is 34.3 Å². The lowest BCUT2D eigenvalue weighted by atomic mass is 9.98. The Hall–Kier alpha value is -7.35. The highest BCUT2D eigenvalue weighted by Gasteiger charge is 2.22. The number of para-hydroxylation sites is 7. The number of aromatic nitrogens is 3. The van der Waals surface area contributed by atoms with Gasteiger partial charge in [0.05, 0.1) is 50.0 Å². The van der Waals surface area contributed by atoms with Gasteiger partial charge in [-0.25, -0.2) is 0 Å². The summed E-state index contributed by atoms with van der Waals surface area (Å²) in [4.78, 5) is 0. The van der Waals surface area contributed by atoms with Crippen molar-refractivity contribution in [3.63, 3.8) is 0 Å². The maximum absolute atomic E-state index is 10.6. The van der Waals surface area contributed by atoms with E-state index in [4.69, 9.17) is 0 Å². The molecule has 0 radical (unpaired) electrons. The lowest BCUT2D eigenvalue weighted by Crippen LogP contribution is -2.03. The number of nitriles is 1. The molecule has 53 heavy (non-hydrogen) atoms.